The zero-order chi connectivity index (χ0) is 27.8. The van der Waals surface area contributed by atoms with E-state index in [1.54, 1.807) is 18.2 Å². The number of Topliss-reactive ketones (excluding diaryl/α,β-unsaturated/α-hetero) is 1. The summed E-state index contributed by atoms with van der Waals surface area (Å²) in [6.07, 6.45) is 0.0258. The molecule has 0 aliphatic carbocycles. The summed E-state index contributed by atoms with van der Waals surface area (Å²) in [7, 11) is 0. The van der Waals surface area contributed by atoms with Crippen molar-refractivity contribution >= 4 is 29.1 Å². The number of hydrogen-bond acceptors (Lipinski definition) is 4. The van der Waals surface area contributed by atoms with Crippen molar-refractivity contribution in [1.29, 1.82) is 0 Å². The Bertz CT molecular complexity index is 1390. The molecule has 0 fully saturated rings. The molecule has 0 bridgehead atoms. The molecule has 4 nitrogen and oxygen atoms in total. The molecule has 0 spiro atoms. The largest absolute Gasteiger partial charge is 0.458 e. The van der Waals surface area contributed by atoms with Crippen molar-refractivity contribution in [2.45, 2.75) is 44.8 Å². The van der Waals surface area contributed by atoms with Gasteiger partial charge in [-0.2, -0.15) is 0 Å². The van der Waals surface area contributed by atoms with Gasteiger partial charge in [0, 0.05) is 34.1 Å². The number of rotatable bonds is 9. The lowest BCUT2D eigenvalue weighted by molar-refractivity contribution is -0.156. The topological polar surface area (TPSA) is 55.7 Å². The first-order valence-electron chi connectivity index (χ1n) is 13.0. The second-order valence-electron chi connectivity index (χ2n) is 10.3. The van der Waals surface area contributed by atoms with Crippen LogP contribution < -0.4 is 0 Å². The minimum atomic E-state index is -1.04. The van der Waals surface area contributed by atoms with E-state index in [4.69, 9.17) is 21.3 Å². The Labute approximate surface area is 235 Å². The number of esters is 1. The average molecular weight is 538 g/mol. The zero-order valence-corrected chi connectivity index (χ0v) is 23.1. The molecule has 39 heavy (non-hydrogen) atoms. The van der Waals surface area contributed by atoms with Gasteiger partial charge in [0.1, 0.15) is 5.60 Å². The first-order valence-corrected chi connectivity index (χ1v) is 13.3. The summed E-state index contributed by atoms with van der Waals surface area (Å²) in [5.74, 6) is -1.29. The van der Waals surface area contributed by atoms with E-state index in [-0.39, 0.29) is 12.2 Å². The number of hydrogen-bond donors (Lipinski definition) is 0. The van der Waals surface area contributed by atoms with Gasteiger partial charge in [0.25, 0.3) is 0 Å². The molecule has 198 valence electrons. The molecule has 0 amide bonds. The van der Waals surface area contributed by atoms with Crippen molar-refractivity contribution in [3.8, 4) is 0 Å². The fourth-order valence-electron chi connectivity index (χ4n) is 4.43. The average Bonchev–Trinajstić information content (AvgIpc) is 2.93. The Balaban J connectivity index is 1.91. The molecule has 0 saturated heterocycles. The minimum Gasteiger partial charge on any atom is -0.458 e. The highest BCUT2D eigenvalue weighted by atomic mass is 35.5. The molecule has 5 heteroatoms. The van der Waals surface area contributed by atoms with E-state index in [1.165, 1.54) is 0 Å². The van der Waals surface area contributed by atoms with Crippen LogP contribution in [0.1, 0.15) is 60.2 Å². The van der Waals surface area contributed by atoms with Crippen LogP contribution in [-0.2, 0) is 9.53 Å². The van der Waals surface area contributed by atoms with Crippen molar-refractivity contribution in [1.82, 2.24) is 0 Å². The van der Waals surface area contributed by atoms with Crippen molar-refractivity contribution in [3.63, 3.8) is 0 Å². The molecule has 0 aromatic heterocycles. The highest BCUT2D eigenvalue weighted by Crippen LogP contribution is 2.34. The van der Waals surface area contributed by atoms with Crippen LogP contribution in [0.4, 0.5) is 0 Å². The molecule has 0 aliphatic rings. The van der Waals surface area contributed by atoms with Crippen molar-refractivity contribution in [2.24, 2.45) is 4.99 Å². The fourth-order valence-corrected chi connectivity index (χ4v) is 4.70. The lowest BCUT2D eigenvalue weighted by Crippen LogP contribution is -2.36. The van der Waals surface area contributed by atoms with Crippen LogP contribution in [0.2, 0.25) is 5.02 Å². The van der Waals surface area contributed by atoms with E-state index in [2.05, 4.69) is 0 Å². The Hall–Kier alpha value is -4.02. The summed E-state index contributed by atoms with van der Waals surface area (Å²) in [5.41, 5.74) is 2.82. The van der Waals surface area contributed by atoms with Gasteiger partial charge >= 0.3 is 5.97 Å². The quantitative estimate of drug-likeness (QED) is 0.124. The number of benzene rings is 4. The van der Waals surface area contributed by atoms with Crippen LogP contribution in [-0.4, -0.2) is 29.1 Å². The van der Waals surface area contributed by atoms with Gasteiger partial charge in [-0.15, -0.1) is 0 Å². The first kappa shape index (κ1) is 28.0. The molecular weight excluding hydrogens is 506 g/mol. The van der Waals surface area contributed by atoms with Gasteiger partial charge in [0.2, 0.25) is 0 Å². The van der Waals surface area contributed by atoms with Gasteiger partial charge < -0.3 is 4.74 Å². The lowest BCUT2D eigenvalue weighted by atomic mass is 9.85. The van der Waals surface area contributed by atoms with Crippen LogP contribution in [0.15, 0.2) is 120 Å². The van der Waals surface area contributed by atoms with Crippen LogP contribution in [0, 0.1) is 0 Å². The molecule has 4 aromatic rings. The number of aliphatic imine (C=N–C) groups is 1. The summed E-state index contributed by atoms with van der Waals surface area (Å²) < 4.78 is 5.90. The van der Waals surface area contributed by atoms with E-state index < -0.39 is 23.5 Å². The maximum absolute atomic E-state index is 13.9. The standard InChI is InChI=1S/C34H32ClNO3/c1-34(2,3)39-33(38)32(36-31(25-17-9-5-10-18-25)26-19-11-6-12-20-26)28(27-21-13-14-22-29(27)35)23-30(37)24-15-7-4-8-16-24/h4-22,28,32H,23H2,1-3H3/t28-,32+/m1/s1. The molecule has 0 aliphatic heterocycles. The van der Waals surface area contributed by atoms with Crippen molar-refractivity contribution < 1.29 is 14.3 Å². The predicted molar refractivity (Wildman–Crippen MR) is 158 cm³/mol. The smallest absolute Gasteiger partial charge is 0.332 e. The summed E-state index contributed by atoms with van der Waals surface area (Å²) >= 11 is 6.69. The molecule has 0 N–H and O–H groups in total. The molecular formula is C34H32ClNO3. The van der Waals surface area contributed by atoms with Crippen molar-refractivity contribution in [3.05, 3.63) is 143 Å². The molecule has 0 unspecified atom stereocenters. The van der Waals surface area contributed by atoms with Crippen molar-refractivity contribution in [2.75, 3.05) is 0 Å². The minimum absolute atomic E-state index is 0.0258. The lowest BCUT2D eigenvalue weighted by Gasteiger charge is -2.28. The summed E-state index contributed by atoms with van der Waals surface area (Å²) in [6, 6.07) is 34.7. The molecule has 0 radical (unpaired) electrons. The number of ether oxygens (including phenoxy) is 1. The van der Waals surface area contributed by atoms with Gasteiger partial charge in [-0.1, -0.05) is 121 Å². The number of carbonyl (C=O) groups excluding carboxylic acids is 2. The Morgan fingerprint density at radius 3 is 1.67 bits per heavy atom. The number of carbonyl (C=O) groups is 2. The Morgan fingerprint density at radius 1 is 0.718 bits per heavy atom. The molecule has 4 rings (SSSR count). The second-order valence-corrected chi connectivity index (χ2v) is 10.7. The van der Waals surface area contributed by atoms with E-state index in [0.29, 0.717) is 21.9 Å². The first-order chi connectivity index (χ1) is 18.7. The van der Waals surface area contributed by atoms with Gasteiger partial charge in [0.15, 0.2) is 11.8 Å². The van der Waals surface area contributed by atoms with E-state index in [0.717, 1.165) is 11.1 Å². The van der Waals surface area contributed by atoms with Crippen LogP contribution >= 0.6 is 11.6 Å². The molecule has 4 aromatic carbocycles. The van der Waals surface area contributed by atoms with E-state index >= 15 is 0 Å². The molecule has 0 saturated carbocycles. The maximum Gasteiger partial charge on any atom is 0.332 e. The second kappa shape index (κ2) is 12.7. The number of nitrogens with zero attached hydrogens (tertiary/aromatic N) is 1. The Kier molecular flexibility index (Phi) is 9.11. The third kappa shape index (κ3) is 7.52. The van der Waals surface area contributed by atoms with Crippen LogP contribution in [0.5, 0.6) is 0 Å². The highest BCUT2D eigenvalue weighted by Gasteiger charge is 2.36. The van der Waals surface area contributed by atoms with E-state index in [1.807, 2.05) is 118 Å². The SMILES string of the molecule is CC(C)(C)OC(=O)[C@@H](N=C(c1ccccc1)c1ccccc1)[C@H](CC(=O)c1ccccc1)c1ccccc1Cl. The van der Waals surface area contributed by atoms with Gasteiger partial charge in [-0.05, 0) is 32.4 Å². The Morgan fingerprint density at radius 2 is 1.18 bits per heavy atom. The predicted octanol–water partition coefficient (Wildman–Crippen LogP) is 7.94. The fraction of sp³-hybridized carbons (Fsp3) is 0.206. The monoisotopic (exact) mass is 537 g/mol. The van der Waals surface area contributed by atoms with Gasteiger partial charge in [0.05, 0.1) is 5.71 Å². The summed E-state index contributed by atoms with van der Waals surface area (Å²) in [5, 5.41) is 0.466. The zero-order valence-electron chi connectivity index (χ0n) is 22.4. The van der Waals surface area contributed by atoms with Gasteiger partial charge in [-0.25, -0.2) is 4.79 Å². The molecule has 0 heterocycles. The van der Waals surface area contributed by atoms with Crippen LogP contribution in [0.3, 0.4) is 0 Å². The van der Waals surface area contributed by atoms with E-state index in [9.17, 15) is 9.59 Å². The molecule has 2 atom stereocenters. The maximum atomic E-state index is 13.9. The highest BCUT2D eigenvalue weighted by molar-refractivity contribution is 6.31. The third-order valence-electron chi connectivity index (χ3n) is 6.20. The third-order valence-corrected chi connectivity index (χ3v) is 6.54. The number of halogens is 1. The van der Waals surface area contributed by atoms with Gasteiger partial charge in [-0.3, -0.25) is 9.79 Å². The normalized spacial score (nSPS) is 12.7. The summed E-state index contributed by atoms with van der Waals surface area (Å²) in [4.78, 5) is 32.5. The van der Waals surface area contributed by atoms with Crippen LogP contribution in [0.25, 0.3) is 0 Å². The summed E-state index contributed by atoms with van der Waals surface area (Å²) in [6.45, 7) is 5.46. The number of ketones is 1.